The lowest BCUT2D eigenvalue weighted by molar-refractivity contribution is 0.527. The average molecular weight is 567 g/mol. The molecular weight excluding hydrogens is 554 g/mol. The Labute approximate surface area is 190 Å². The quantitative estimate of drug-likeness (QED) is 0.281. The standard InChI is InChI=1S/C21H13Br2NO4S2/c1-24-29(25,26)20-16(22)10-12-6-2-4-8-14(12)18(20)19-15-9-5-3-7-13(15)11-17(23)21(19)30(24,27)28/h2-11H,1H3. The van der Waals surface area contributed by atoms with Gasteiger partial charge < -0.3 is 0 Å². The summed E-state index contributed by atoms with van der Waals surface area (Å²) in [6.07, 6.45) is 0. The molecule has 9 heteroatoms. The summed E-state index contributed by atoms with van der Waals surface area (Å²) in [5.41, 5.74) is 0.751. The van der Waals surface area contributed by atoms with Gasteiger partial charge in [-0.2, -0.15) is 0 Å². The first-order valence-electron chi connectivity index (χ1n) is 8.82. The summed E-state index contributed by atoms with van der Waals surface area (Å²) < 4.78 is 55.2. The van der Waals surface area contributed by atoms with Crippen LogP contribution < -0.4 is 0 Å². The number of rotatable bonds is 0. The largest absolute Gasteiger partial charge is 0.257 e. The third kappa shape index (κ3) is 2.59. The van der Waals surface area contributed by atoms with Gasteiger partial charge in [0.1, 0.15) is 9.79 Å². The summed E-state index contributed by atoms with van der Waals surface area (Å²) in [4.78, 5) is -0.122. The zero-order valence-electron chi connectivity index (χ0n) is 15.4. The van der Waals surface area contributed by atoms with Gasteiger partial charge in [-0.15, -0.1) is 0 Å². The third-order valence-electron chi connectivity index (χ3n) is 5.36. The number of halogens is 2. The number of hydrogen-bond donors (Lipinski definition) is 0. The SMILES string of the molecule is CN1S(=O)(=O)c2c(Br)cc3ccccc3c2-c2c(c(Br)cc3ccccc23)S1(=O)=O. The van der Waals surface area contributed by atoms with Crippen LogP contribution in [0.5, 0.6) is 0 Å². The minimum atomic E-state index is -4.36. The second kappa shape index (κ2) is 6.61. The predicted molar refractivity (Wildman–Crippen MR) is 124 cm³/mol. The van der Waals surface area contributed by atoms with E-state index < -0.39 is 20.0 Å². The molecule has 0 amide bonds. The van der Waals surface area contributed by atoms with Crippen molar-refractivity contribution in [2.24, 2.45) is 0 Å². The van der Waals surface area contributed by atoms with Crippen LogP contribution in [0.1, 0.15) is 0 Å². The Hall–Kier alpha value is -1.78. The normalized spacial score (nSPS) is 17.4. The van der Waals surface area contributed by atoms with E-state index in [-0.39, 0.29) is 9.79 Å². The van der Waals surface area contributed by atoms with Gasteiger partial charge in [0.2, 0.25) is 0 Å². The molecule has 5 nitrogen and oxygen atoms in total. The molecule has 152 valence electrons. The first-order chi connectivity index (χ1) is 14.2. The third-order valence-corrected chi connectivity index (χ3v) is 11.5. The smallest absolute Gasteiger partial charge is 0.206 e. The summed E-state index contributed by atoms with van der Waals surface area (Å²) in [5.74, 6) is 0. The van der Waals surface area contributed by atoms with Crippen LogP contribution in [0.4, 0.5) is 0 Å². The first-order valence-corrected chi connectivity index (χ1v) is 13.3. The lowest BCUT2D eigenvalue weighted by atomic mass is 9.93. The Morgan fingerprint density at radius 3 is 1.43 bits per heavy atom. The minimum absolute atomic E-state index is 0.0609. The van der Waals surface area contributed by atoms with Crippen LogP contribution in [0.2, 0.25) is 0 Å². The van der Waals surface area contributed by atoms with E-state index in [0.29, 0.717) is 34.6 Å². The van der Waals surface area contributed by atoms with Crippen LogP contribution in [0.25, 0.3) is 32.7 Å². The molecule has 0 N–H and O–H groups in total. The molecule has 1 heterocycles. The molecular formula is C21H13Br2NO4S2. The lowest BCUT2D eigenvalue weighted by Gasteiger charge is -2.17. The summed E-state index contributed by atoms with van der Waals surface area (Å²) >= 11 is 6.80. The van der Waals surface area contributed by atoms with Gasteiger partial charge >= 0.3 is 0 Å². The Kier molecular flexibility index (Phi) is 4.44. The maximum Gasteiger partial charge on any atom is 0.257 e. The van der Waals surface area contributed by atoms with Crippen molar-refractivity contribution < 1.29 is 16.8 Å². The van der Waals surface area contributed by atoms with Gasteiger partial charge in [0.05, 0.1) is 0 Å². The Morgan fingerprint density at radius 2 is 1.03 bits per heavy atom. The van der Waals surface area contributed by atoms with E-state index in [1.54, 1.807) is 12.1 Å². The molecule has 5 rings (SSSR count). The molecule has 1 aliphatic heterocycles. The maximum absolute atomic E-state index is 13.5. The van der Waals surface area contributed by atoms with Crippen LogP contribution >= 0.6 is 31.9 Å². The van der Waals surface area contributed by atoms with Crippen molar-refractivity contribution in [3.8, 4) is 11.1 Å². The van der Waals surface area contributed by atoms with Gasteiger partial charge in [0.25, 0.3) is 20.0 Å². The van der Waals surface area contributed by atoms with Gasteiger partial charge in [-0.3, -0.25) is 0 Å². The fraction of sp³-hybridized carbons (Fsp3) is 0.0476. The van der Waals surface area contributed by atoms with Crippen molar-refractivity contribution >= 4 is 73.5 Å². The van der Waals surface area contributed by atoms with E-state index in [1.807, 2.05) is 48.5 Å². The van der Waals surface area contributed by atoms with E-state index in [0.717, 1.165) is 17.8 Å². The van der Waals surface area contributed by atoms with Gasteiger partial charge in [-0.1, -0.05) is 52.2 Å². The zero-order chi connectivity index (χ0) is 21.4. The van der Waals surface area contributed by atoms with E-state index in [2.05, 4.69) is 31.9 Å². The van der Waals surface area contributed by atoms with Crippen LogP contribution in [-0.2, 0) is 20.0 Å². The summed E-state index contributed by atoms with van der Waals surface area (Å²) in [6.45, 7) is 0. The first kappa shape index (κ1) is 20.1. The second-order valence-electron chi connectivity index (χ2n) is 6.96. The lowest BCUT2D eigenvalue weighted by Crippen LogP contribution is -2.32. The highest BCUT2D eigenvalue weighted by atomic mass is 79.9. The van der Waals surface area contributed by atoms with Gasteiger partial charge in [-0.25, -0.2) is 16.8 Å². The van der Waals surface area contributed by atoms with E-state index in [1.165, 1.54) is 0 Å². The van der Waals surface area contributed by atoms with Crippen LogP contribution in [0.3, 0.4) is 0 Å². The van der Waals surface area contributed by atoms with Crippen molar-refractivity contribution in [3.63, 3.8) is 0 Å². The molecule has 1 aliphatic rings. The highest BCUT2D eigenvalue weighted by Crippen LogP contribution is 2.50. The van der Waals surface area contributed by atoms with Crippen molar-refractivity contribution in [1.82, 2.24) is 3.71 Å². The Bertz CT molecular complexity index is 1490. The highest BCUT2D eigenvalue weighted by molar-refractivity contribution is 9.10. The van der Waals surface area contributed by atoms with Crippen LogP contribution in [-0.4, -0.2) is 27.6 Å². The van der Waals surface area contributed by atoms with Crippen LogP contribution in [0, 0.1) is 0 Å². The molecule has 0 saturated carbocycles. The molecule has 0 aromatic heterocycles. The number of nitrogens with zero attached hydrogens (tertiary/aromatic N) is 1. The van der Waals surface area contributed by atoms with E-state index >= 15 is 0 Å². The predicted octanol–water partition coefficient (Wildman–Crippen LogP) is 5.51. The number of benzene rings is 4. The van der Waals surface area contributed by atoms with Crippen molar-refractivity contribution in [2.75, 3.05) is 7.05 Å². The van der Waals surface area contributed by atoms with Gasteiger partial charge in [0.15, 0.2) is 0 Å². The molecule has 0 aliphatic carbocycles. The molecule has 0 spiro atoms. The van der Waals surface area contributed by atoms with E-state index in [9.17, 15) is 16.8 Å². The average Bonchev–Trinajstić information content (AvgIpc) is 2.75. The molecule has 0 bridgehead atoms. The summed E-state index contributed by atoms with van der Waals surface area (Å²) in [5, 5.41) is 2.93. The summed E-state index contributed by atoms with van der Waals surface area (Å²) in [6, 6.07) is 18.1. The fourth-order valence-corrected chi connectivity index (χ4v) is 9.64. The zero-order valence-corrected chi connectivity index (χ0v) is 20.2. The van der Waals surface area contributed by atoms with Gasteiger partial charge in [-0.05, 0) is 65.5 Å². The van der Waals surface area contributed by atoms with Crippen molar-refractivity contribution in [3.05, 3.63) is 69.6 Å². The monoisotopic (exact) mass is 565 g/mol. The molecule has 0 atom stereocenters. The molecule has 30 heavy (non-hydrogen) atoms. The molecule has 4 aromatic rings. The van der Waals surface area contributed by atoms with Crippen molar-refractivity contribution in [1.29, 1.82) is 0 Å². The molecule has 0 fully saturated rings. The molecule has 0 radical (unpaired) electrons. The topological polar surface area (TPSA) is 71.5 Å². The second-order valence-corrected chi connectivity index (χ2v) is 12.7. The number of hydrogen-bond acceptors (Lipinski definition) is 4. The Morgan fingerprint density at radius 1 is 0.667 bits per heavy atom. The van der Waals surface area contributed by atoms with Crippen LogP contribution in [0.15, 0.2) is 79.4 Å². The van der Waals surface area contributed by atoms with E-state index in [4.69, 9.17) is 0 Å². The maximum atomic E-state index is 13.5. The number of fused-ring (bicyclic) bond motifs is 7. The Balaban J connectivity index is 2.22. The highest BCUT2D eigenvalue weighted by Gasteiger charge is 2.43. The molecule has 4 aromatic carbocycles. The minimum Gasteiger partial charge on any atom is -0.206 e. The molecule has 0 unspecified atom stereocenters. The molecule has 0 saturated heterocycles. The van der Waals surface area contributed by atoms with Crippen molar-refractivity contribution in [2.45, 2.75) is 9.79 Å². The van der Waals surface area contributed by atoms with Gasteiger partial charge in [0, 0.05) is 27.1 Å². The fourth-order valence-electron chi connectivity index (χ4n) is 3.98. The number of sulfonamides is 2. The summed E-state index contributed by atoms with van der Waals surface area (Å²) in [7, 11) is -7.65.